The van der Waals surface area contributed by atoms with Gasteiger partial charge in [-0.3, -0.25) is 4.79 Å². The maximum absolute atomic E-state index is 12.7. The molecule has 1 aromatic heterocycles. The van der Waals surface area contributed by atoms with E-state index >= 15 is 0 Å². The molecule has 1 amide bonds. The van der Waals surface area contributed by atoms with Crippen LogP contribution in [0.5, 0.6) is 0 Å². The van der Waals surface area contributed by atoms with Crippen molar-refractivity contribution in [1.29, 1.82) is 0 Å². The zero-order chi connectivity index (χ0) is 14.8. The minimum atomic E-state index is -0.0944. The number of nitrogens with one attached hydrogen (secondary N) is 1. The number of carbonyl (C=O) groups excluding carboxylic acids is 1. The van der Waals surface area contributed by atoms with E-state index in [1.54, 1.807) is 12.1 Å². The summed E-state index contributed by atoms with van der Waals surface area (Å²) in [6.07, 6.45) is 0.880. The largest absolute Gasteiger partial charge is 0.369 e. The number of benzene rings is 1. The van der Waals surface area contributed by atoms with Crippen molar-refractivity contribution in [3.63, 3.8) is 0 Å². The Morgan fingerprint density at radius 3 is 2.81 bits per heavy atom. The summed E-state index contributed by atoms with van der Waals surface area (Å²) in [5.41, 5.74) is 2.56. The molecule has 0 saturated heterocycles. The summed E-state index contributed by atoms with van der Waals surface area (Å²) in [5, 5.41) is 11.1. The van der Waals surface area contributed by atoms with Gasteiger partial charge in [-0.15, -0.1) is 10.2 Å². The Hall–Kier alpha value is -2.43. The molecule has 108 valence electrons. The van der Waals surface area contributed by atoms with E-state index in [1.165, 1.54) is 5.56 Å². The summed E-state index contributed by atoms with van der Waals surface area (Å²) in [7, 11) is 0. The van der Waals surface area contributed by atoms with Gasteiger partial charge in [0, 0.05) is 18.3 Å². The molecule has 0 saturated carbocycles. The SMILES string of the molecule is CCNc1ccc(C(=O)N2c3ccccc3CC2C)nn1. The van der Waals surface area contributed by atoms with Crippen LogP contribution in [-0.2, 0) is 6.42 Å². The van der Waals surface area contributed by atoms with Gasteiger partial charge in [0.15, 0.2) is 5.69 Å². The first kappa shape index (κ1) is 13.5. The molecule has 0 spiro atoms. The van der Waals surface area contributed by atoms with Gasteiger partial charge < -0.3 is 10.2 Å². The monoisotopic (exact) mass is 282 g/mol. The lowest BCUT2D eigenvalue weighted by Gasteiger charge is -2.22. The van der Waals surface area contributed by atoms with E-state index in [9.17, 15) is 4.79 Å². The average Bonchev–Trinajstić information content (AvgIpc) is 2.83. The molecule has 21 heavy (non-hydrogen) atoms. The summed E-state index contributed by atoms with van der Waals surface area (Å²) >= 11 is 0. The molecule has 0 bridgehead atoms. The first-order valence-corrected chi connectivity index (χ1v) is 7.19. The number of nitrogens with zero attached hydrogens (tertiary/aromatic N) is 3. The molecule has 0 radical (unpaired) electrons. The lowest BCUT2D eigenvalue weighted by molar-refractivity contribution is 0.0975. The molecule has 1 aliphatic heterocycles. The highest BCUT2D eigenvalue weighted by Crippen LogP contribution is 2.32. The van der Waals surface area contributed by atoms with Gasteiger partial charge in [-0.25, -0.2) is 0 Å². The van der Waals surface area contributed by atoms with Gasteiger partial charge in [-0.05, 0) is 44.0 Å². The number of anilines is 2. The normalized spacial score (nSPS) is 16.7. The Balaban J connectivity index is 1.88. The van der Waals surface area contributed by atoms with Gasteiger partial charge >= 0.3 is 0 Å². The molecular formula is C16H18N4O. The second kappa shape index (κ2) is 5.52. The van der Waals surface area contributed by atoms with Crippen molar-refractivity contribution < 1.29 is 4.79 Å². The predicted molar refractivity (Wildman–Crippen MR) is 82.6 cm³/mol. The molecule has 5 heteroatoms. The van der Waals surface area contributed by atoms with Gasteiger partial charge in [0.05, 0.1) is 0 Å². The third kappa shape index (κ3) is 2.46. The summed E-state index contributed by atoms with van der Waals surface area (Å²) in [4.78, 5) is 14.5. The zero-order valence-electron chi connectivity index (χ0n) is 12.2. The van der Waals surface area contributed by atoms with Crippen molar-refractivity contribution in [1.82, 2.24) is 10.2 Å². The summed E-state index contributed by atoms with van der Waals surface area (Å²) < 4.78 is 0. The van der Waals surface area contributed by atoms with Crippen LogP contribution in [-0.4, -0.2) is 28.7 Å². The number of fused-ring (bicyclic) bond motifs is 1. The Kier molecular flexibility index (Phi) is 3.56. The van der Waals surface area contributed by atoms with E-state index in [-0.39, 0.29) is 11.9 Å². The van der Waals surface area contributed by atoms with E-state index in [2.05, 4.69) is 28.5 Å². The highest BCUT2D eigenvalue weighted by molar-refractivity contribution is 6.06. The molecule has 2 heterocycles. The van der Waals surface area contributed by atoms with Crippen LogP contribution in [0.3, 0.4) is 0 Å². The summed E-state index contributed by atoms with van der Waals surface area (Å²) in [6.45, 7) is 4.82. The number of carbonyl (C=O) groups is 1. The molecular weight excluding hydrogens is 264 g/mol. The fourth-order valence-corrected chi connectivity index (χ4v) is 2.72. The highest BCUT2D eigenvalue weighted by atomic mass is 16.2. The Labute approximate surface area is 124 Å². The smallest absolute Gasteiger partial charge is 0.279 e. The number of hydrogen-bond acceptors (Lipinski definition) is 4. The number of hydrogen-bond donors (Lipinski definition) is 1. The molecule has 1 aromatic carbocycles. The minimum Gasteiger partial charge on any atom is -0.369 e. The van der Waals surface area contributed by atoms with E-state index in [1.807, 2.05) is 30.0 Å². The molecule has 1 N–H and O–H groups in total. The predicted octanol–water partition coefficient (Wildman–Crippen LogP) is 2.50. The van der Waals surface area contributed by atoms with Gasteiger partial charge in [-0.2, -0.15) is 0 Å². The van der Waals surface area contributed by atoms with Gasteiger partial charge in [0.25, 0.3) is 5.91 Å². The molecule has 5 nitrogen and oxygen atoms in total. The molecule has 1 aliphatic rings. The number of para-hydroxylation sites is 1. The van der Waals surface area contributed by atoms with E-state index in [0.717, 1.165) is 18.7 Å². The van der Waals surface area contributed by atoms with Crippen molar-refractivity contribution in [2.45, 2.75) is 26.3 Å². The van der Waals surface area contributed by atoms with Crippen LogP contribution in [0.1, 0.15) is 29.9 Å². The van der Waals surface area contributed by atoms with Crippen LogP contribution in [0.4, 0.5) is 11.5 Å². The highest BCUT2D eigenvalue weighted by Gasteiger charge is 2.31. The lowest BCUT2D eigenvalue weighted by Crippen LogP contribution is -2.36. The summed E-state index contributed by atoms with van der Waals surface area (Å²) in [5.74, 6) is 0.590. The van der Waals surface area contributed by atoms with Crippen molar-refractivity contribution in [2.24, 2.45) is 0 Å². The van der Waals surface area contributed by atoms with Gasteiger partial charge in [0.1, 0.15) is 5.82 Å². The van der Waals surface area contributed by atoms with E-state index in [0.29, 0.717) is 11.5 Å². The van der Waals surface area contributed by atoms with Crippen molar-refractivity contribution in [3.05, 3.63) is 47.7 Å². The minimum absolute atomic E-state index is 0.0944. The van der Waals surface area contributed by atoms with Crippen LogP contribution in [0.2, 0.25) is 0 Å². The first-order valence-electron chi connectivity index (χ1n) is 7.19. The third-order valence-corrected chi connectivity index (χ3v) is 3.67. The quantitative estimate of drug-likeness (QED) is 0.939. The van der Waals surface area contributed by atoms with Crippen molar-refractivity contribution >= 4 is 17.4 Å². The number of rotatable bonds is 3. The molecule has 0 aliphatic carbocycles. The second-order valence-electron chi connectivity index (χ2n) is 5.19. The van der Waals surface area contributed by atoms with Gasteiger partial charge in [-0.1, -0.05) is 18.2 Å². The standard InChI is InChI=1S/C16H18N4O/c1-3-17-15-9-8-13(18-19-15)16(21)20-11(2)10-12-6-4-5-7-14(12)20/h4-9,11H,3,10H2,1-2H3,(H,17,19). The van der Waals surface area contributed by atoms with Crippen LogP contribution < -0.4 is 10.2 Å². The number of amides is 1. The Morgan fingerprint density at radius 2 is 2.10 bits per heavy atom. The second-order valence-corrected chi connectivity index (χ2v) is 5.19. The van der Waals surface area contributed by atoms with Gasteiger partial charge in [0.2, 0.25) is 0 Å². The fourth-order valence-electron chi connectivity index (χ4n) is 2.72. The van der Waals surface area contributed by atoms with E-state index in [4.69, 9.17) is 0 Å². The van der Waals surface area contributed by atoms with Crippen molar-refractivity contribution in [2.75, 3.05) is 16.8 Å². The molecule has 0 fully saturated rings. The lowest BCUT2D eigenvalue weighted by atomic mass is 10.1. The van der Waals surface area contributed by atoms with Crippen LogP contribution in [0, 0.1) is 0 Å². The Bertz CT molecular complexity index is 654. The van der Waals surface area contributed by atoms with Crippen molar-refractivity contribution in [3.8, 4) is 0 Å². The van der Waals surface area contributed by atoms with Crippen LogP contribution in [0.25, 0.3) is 0 Å². The maximum Gasteiger partial charge on any atom is 0.279 e. The zero-order valence-corrected chi connectivity index (χ0v) is 12.2. The fraction of sp³-hybridized carbons (Fsp3) is 0.312. The molecule has 1 unspecified atom stereocenters. The third-order valence-electron chi connectivity index (χ3n) is 3.67. The molecule has 3 rings (SSSR count). The van der Waals surface area contributed by atoms with Crippen LogP contribution >= 0.6 is 0 Å². The number of aromatic nitrogens is 2. The molecule has 1 atom stereocenters. The first-order chi connectivity index (χ1) is 10.2. The van der Waals surface area contributed by atoms with Crippen LogP contribution in [0.15, 0.2) is 36.4 Å². The summed E-state index contributed by atoms with van der Waals surface area (Å²) in [6, 6.07) is 11.7. The Morgan fingerprint density at radius 1 is 1.29 bits per heavy atom. The average molecular weight is 282 g/mol. The topological polar surface area (TPSA) is 58.1 Å². The maximum atomic E-state index is 12.7. The van der Waals surface area contributed by atoms with E-state index < -0.39 is 0 Å². The molecule has 2 aromatic rings.